The van der Waals surface area contributed by atoms with Gasteiger partial charge in [-0.05, 0) is 13.3 Å². The largest absolute Gasteiger partial charge is 0.490 e. The Morgan fingerprint density at radius 3 is 2.86 bits per heavy atom. The molecule has 0 unspecified atom stereocenters. The number of ether oxygens (including phenoxy) is 1. The Kier molecular flexibility index (Phi) is 9.48. The van der Waals surface area contributed by atoms with Gasteiger partial charge < -0.3 is 16.1 Å². The summed E-state index contributed by atoms with van der Waals surface area (Å²) in [6, 6.07) is 0.800. The van der Waals surface area contributed by atoms with Gasteiger partial charge in [-0.3, -0.25) is 26.5 Å². The molecule has 9 heteroatoms. The molecule has 0 aliphatic rings. The minimum atomic E-state index is -0.629. The molecule has 21 heavy (non-hydrogen) atoms. The normalized spacial score (nSPS) is 9.19. The standard InChI is InChI=1S/C12H15N4O4.Y/c1-3-10(18)20-6-4-5-13-12(19)16-11-14-8(2)7-9(17)15-11;/h7H,1,4-6H2,2H3,(H3,13,14,15,16,17,19);/q-1;. The number of amides is 2. The summed E-state index contributed by atoms with van der Waals surface area (Å²) in [5.74, 6) is -0.559. The molecule has 0 fully saturated rings. The van der Waals surface area contributed by atoms with Gasteiger partial charge >= 0.3 is 6.03 Å². The summed E-state index contributed by atoms with van der Waals surface area (Å²) >= 11 is 0. The molecule has 8 nitrogen and oxygen atoms in total. The van der Waals surface area contributed by atoms with Crippen molar-refractivity contribution in [1.29, 1.82) is 0 Å². The van der Waals surface area contributed by atoms with Crippen LogP contribution in [0.15, 0.2) is 17.4 Å². The summed E-state index contributed by atoms with van der Waals surface area (Å²) in [6.07, 6.45) is 2.50. The van der Waals surface area contributed by atoms with Crippen LogP contribution < -0.4 is 16.2 Å². The molecule has 0 spiro atoms. The maximum Gasteiger partial charge on any atom is 0.321 e. The summed E-state index contributed by atoms with van der Waals surface area (Å²) in [6.45, 7) is 5.23. The van der Waals surface area contributed by atoms with Crippen molar-refractivity contribution in [2.45, 2.75) is 13.3 Å². The molecule has 111 valence electrons. The molecule has 0 bridgehead atoms. The van der Waals surface area contributed by atoms with E-state index in [1.54, 1.807) is 6.92 Å². The van der Waals surface area contributed by atoms with Gasteiger partial charge in [0.15, 0.2) is 0 Å². The van der Waals surface area contributed by atoms with E-state index in [2.05, 4.69) is 38.0 Å². The average molecular weight is 368 g/mol. The van der Waals surface area contributed by atoms with E-state index in [1.807, 2.05) is 0 Å². The zero-order valence-electron chi connectivity index (χ0n) is 11.6. The second-order valence-electron chi connectivity index (χ2n) is 3.78. The number of aryl methyl sites for hydroxylation is 1. The number of esters is 1. The smallest absolute Gasteiger partial charge is 0.321 e. The molecule has 1 radical (unpaired) electrons. The molecule has 1 aromatic rings. The van der Waals surface area contributed by atoms with E-state index in [9.17, 15) is 14.4 Å². The van der Waals surface area contributed by atoms with Gasteiger partial charge in [0.25, 0.3) is 5.56 Å². The van der Waals surface area contributed by atoms with E-state index in [0.29, 0.717) is 18.7 Å². The van der Waals surface area contributed by atoms with Crippen LogP contribution in [0.1, 0.15) is 12.1 Å². The summed E-state index contributed by atoms with van der Waals surface area (Å²) in [5.41, 5.74) is 0.150. The first-order chi connectivity index (χ1) is 9.51. The predicted octanol–water partition coefficient (Wildman–Crippen LogP) is 0.120. The van der Waals surface area contributed by atoms with Crippen LogP contribution in [0.4, 0.5) is 10.7 Å². The molecule has 1 heterocycles. The van der Waals surface area contributed by atoms with Crippen LogP contribution in [-0.2, 0) is 42.2 Å². The molecular weight excluding hydrogens is 353 g/mol. The van der Waals surface area contributed by atoms with Crippen molar-refractivity contribution in [2.75, 3.05) is 18.5 Å². The number of hydrogen-bond donors (Lipinski definition) is 3. The number of urea groups is 1. The number of hydrogen-bond acceptors (Lipinski definition) is 5. The molecule has 0 aliphatic heterocycles. The van der Waals surface area contributed by atoms with Crippen molar-refractivity contribution in [2.24, 2.45) is 0 Å². The monoisotopic (exact) mass is 368 g/mol. The summed E-state index contributed by atoms with van der Waals surface area (Å²) in [4.78, 5) is 39.6. The Balaban J connectivity index is 0.00000400. The SMILES string of the molecule is C=[C-]C(=O)OCCCNC(=O)Nc1nc(C)cc(=O)[nH]1.[Y]. The van der Waals surface area contributed by atoms with E-state index < -0.39 is 12.0 Å². The maximum absolute atomic E-state index is 11.5. The number of aromatic nitrogens is 2. The molecular formula is C12H15N4O4Y-. The number of carbonyl (C=O) groups excluding carboxylic acids is 2. The van der Waals surface area contributed by atoms with Gasteiger partial charge in [-0.1, -0.05) is 0 Å². The van der Waals surface area contributed by atoms with Crippen molar-refractivity contribution in [3.05, 3.63) is 34.8 Å². The van der Waals surface area contributed by atoms with Gasteiger partial charge in [-0.25, -0.2) is 9.78 Å². The molecule has 0 atom stereocenters. The number of nitrogens with zero attached hydrogens (tertiary/aromatic N) is 1. The van der Waals surface area contributed by atoms with Gasteiger partial charge in [-0.15, -0.1) is 0 Å². The second-order valence-corrected chi connectivity index (χ2v) is 3.78. The fourth-order valence-electron chi connectivity index (χ4n) is 1.28. The van der Waals surface area contributed by atoms with Gasteiger partial charge in [0.2, 0.25) is 5.95 Å². The van der Waals surface area contributed by atoms with E-state index in [1.165, 1.54) is 6.07 Å². The van der Waals surface area contributed by atoms with Gasteiger partial charge in [0, 0.05) is 51.0 Å². The number of anilines is 1. The van der Waals surface area contributed by atoms with Gasteiger partial charge in [0.05, 0.1) is 6.61 Å². The van der Waals surface area contributed by atoms with Crippen LogP contribution in [0.5, 0.6) is 0 Å². The Morgan fingerprint density at radius 1 is 1.52 bits per heavy atom. The molecule has 3 N–H and O–H groups in total. The zero-order valence-corrected chi connectivity index (χ0v) is 14.4. The summed E-state index contributed by atoms with van der Waals surface area (Å²) in [5, 5.41) is 4.91. The number of carbonyl (C=O) groups is 2. The number of H-pyrrole nitrogens is 1. The van der Waals surface area contributed by atoms with Crippen molar-refractivity contribution in [1.82, 2.24) is 15.3 Å². The van der Waals surface area contributed by atoms with E-state index in [-0.39, 0.29) is 50.8 Å². The summed E-state index contributed by atoms with van der Waals surface area (Å²) in [7, 11) is 0. The van der Waals surface area contributed by atoms with Crippen molar-refractivity contribution < 1.29 is 47.0 Å². The predicted molar refractivity (Wildman–Crippen MR) is 71.1 cm³/mol. The quantitative estimate of drug-likeness (QED) is 0.286. The van der Waals surface area contributed by atoms with Crippen LogP contribution >= 0.6 is 0 Å². The minimum Gasteiger partial charge on any atom is -0.490 e. The van der Waals surface area contributed by atoms with Gasteiger partial charge in [0.1, 0.15) is 5.97 Å². The van der Waals surface area contributed by atoms with E-state index >= 15 is 0 Å². The minimum absolute atomic E-state index is 0. The van der Waals surface area contributed by atoms with Crippen LogP contribution in [0.2, 0.25) is 0 Å². The Hall–Kier alpha value is -1.54. The molecule has 0 saturated heterocycles. The topological polar surface area (TPSA) is 113 Å². The van der Waals surface area contributed by atoms with Crippen LogP contribution in [-0.4, -0.2) is 35.1 Å². The van der Waals surface area contributed by atoms with Crippen molar-refractivity contribution >= 4 is 17.9 Å². The van der Waals surface area contributed by atoms with Crippen LogP contribution in [0, 0.1) is 13.0 Å². The molecule has 0 saturated carbocycles. The first-order valence-electron chi connectivity index (χ1n) is 5.84. The first-order valence-corrected chi connectivity index (χ1v) is 5.84. The maximum atomic E-state index is 11.5. The van der Waals surface area contributed by atoms with Crippen molar-refractivity contribution in [3.8, 4) is 0 Å². The fraction of sp³-hybridized carbons (Fsp3) is 0.333. The molecule has 1 rings (SSSR count). The number of nitrogens with one attached hydrogen (secondary N) is 3. The third-order valence-electron chi connectivity index (χ3n) is 2.09. The fourth-order valence-corrected chi connectivity index (χ4v) is 1.28. The van der Waals surface area contributed by atoms with E-state index in [0.717, 1.165) is 0 Å². The zero-order chi connectivity index (χ0) is 15.0. The number of rotatable bonds is 6. The third kappa shape index (κ3) is 8.36. The summed E-state index contributed by atoms with van der Waals surface area (Å²) < 4.78 is 4.68. The number of aromatic amines is 1. The van der Waals surface area contributed by atoms with Gasteiger partial charge in [-0.2, -0.15) is 0 Å². The second kappa shape index (κ2) is 10.2. The average Bonchev–Trinajstić information content (AvgIpc) is 2.36. The van der Waals surface area contributed by atoms with Crippen molar-refractivity contribution in [3.63, 3.8) is 0 Å². The Morgan fingerprint density at radius 2 is 2.24 bits per heavy atom. The van der Waals surface area contributed by atoms with Crippen LogP contribution in [0.25, 0.3) is 0 Å². The molecule has 1 aromatic heterocycles. The van der Waals surface area contributed by atoms with Crippen LogP contribution in [0.3, 0.4) is 0 Å². The molecule has 0 aromatic carbocycles. The molecule has 0 aliphatic carbocycles. The Labute approximate surface area is 146 Å². The van der Waals surface area contributed by atoms with E-state index in [4.69, 9.17) is 0 Å². The third-order valence-corrected chi connectivity index (χ3v) is 2.09. The molecule has 2 amide bonds. The first kappa shape index (κ1) is 19.5. The Bertz CT molecular complexity index is 558.